The molecule has 0 saturated carbocycles. The van der Waals surface area contributed by atoms with Gasteiger partial charge < -0.3 is 26.6 Å². The normalized spacial score (nSPS) is 14.5. The summed E-state index contributed by atoms with van der Waals surface area (Å²) < 4.78 is 0. The zero-order chi connectivity index (χ0) is 27.1. The number of hydrogen-bond donors (Lipinski definition) is 5. The minimum atomic E-state index is -1.72. The molecule has 2 aromatic carbocycles. The van der Waals surface area contributed by atoms with Gasteiger partial charge in [-0.05, 0) is 23.3 Å². The standard InChI is InChI=1S/C24H25N5O8/c25-11-14-6-8-16(9-7-14)29(19(31)13-28-18(30)12-26-24(28)37)17(10-20(32)33)22(34)27-21(23(35)36)15-4-2-1-3-5-15/h1-9,17,21H,10-13,25H2,(H,26,37)(H,27,34)(H,32,33)(H,35,36)/t17-,21-/m0/s1. The van der Waals surface area contributed by atoms with Gasteiger partial charge in [0.05, 0.1) is 13.0 Å². The molecule has 1 saturated heterocycles. The largest absolute Gasteiger partial charge is 0.481 e. The summed E-state index contributed by atoms with van der Waals surface area (Å²) >= 11 is 0. The summed E-state index contributed by atoms with van der Waals surface area (Å²) in [6, 6.07) is 9.64. The van der Waals surface area contributed by atoms with Crippen molar-refractivity contribution in [3.05, 3.63) is 65.7 Å². The molecule has 13 heteroatoms. The number of carbonyl (C=O) groups excluding carboxylic acids is 4. The zero-order valence-corrected chi connectivity index (χ0v) is 19.5. The Morgan fingerprint density at radius 2 is 1.68 bits per heavy atom. The van der Waals surface area contributed by atoms with Crippen molar-refractivity contribution in [1.29, 1.82) is 0 Å². The van der Waals surface area contributed by atoms with E-state index in [1.165, 1.54) is 24.3 Å². The highest BCUT2D eigenvalue weighted by molar-refractivity contribution is 6.09. The summed E-state index contributed by atoms with van der Waals surface area (Å²) in [5, 5.41) is 23.8. The van der Waals surface area contributed by atoms with Crippen LogP contribution in [0.3, 0.4) is 0 Å². The van der Waals surface area contributed by atoms with Crippen molar-refractivity contribution in [2.24, 2.45) is 5.73 Å². The number of carboxylic acids is 2. The first kappa shape index (κ1) is 26.8. The lowest BCUT2D eigenvalue weighted by Crippen LogP contribution is -2.55. The quantitative estimate of drug-likeness (QED) is 0.254. The van der Waals surface area contributed by atoms with Crippen molar-refractivity contribution in [3.8, 4) is 0 Å². The Morgan fingerprint density at radius 3 is 2.19 bits per heavy atom. The van der Waals surface area contributed by atoms with E-state index in [0.717, 1.165) is 4.90 Å². The van der Waals surface area contributed by atoms with Crippen molar-refractivity contribution in [2.75, 3.05) is 18.0 Å². The molecule has 0 spiro atoms. The van der Waals surface area contributed by atoms with Gasteiger partial charge >= 0.3 is 18.0 Å². The molecule has 0 bridgehead atoms. The molecule has 2 atom stereocenters. The second-order valence-electron chi connectivity index (χ2n) is 8.08. The molecule has 1 fully saturated rings. The highest BCUT2D eigenvalue weighted by atomic mass is 16.4. The highest BCUT2D eigenvalue weighted by Crippen LogP contribution is 2.23. The Balaban J connectivity index is 2.00. The monoisotopic (exact) mass is 511 g/mol. The SMILES string of the molecule is NCc1ccc(N(C(=O)CN2C(=O)CNC2=O)[C@@H](CC(=O)O)C(=O)N[C@H](C(=O)O)c2ccccc2)cc1. The fraction of sp³-hybridized carbons (Fsp3) is 0.250. The molecule has 1 aliphatic rings. The maximum Gasteiger partial charge on any atom is 0.330 e. The zero-order valence-electron chi connectivity index (χ0n) is 19.5. The molecule has 1 aliphatic heterocycles. The number of rotatable bonds is 11. The first-order valence-electron chi connectivity index (χ1n) is 11.1. The molecule has 37 heavy (non-hydrogen) atoms. The van der Waals surface area contributed by atoms with Crippen molar-refractivity contribution in [3.63, 3.8) is 0 Å². The predicted molar refractivity (Wildman–Crippen MR) is 128 cm³/mol. The van der Waals surface area contributed by atoms with Crippen LogP contribution in [0, 0.1) is 0 Å². The fourth-order valence-electron chi connectivity index (χ4n) is 3.76. The minimum absolute atomic E-state index is 0.0854. The maximum atomic E-state index is 13.4. The van der Waals surface area contributed by atoms with Crippen LogP contribution in [0.4, 0.5) is 10.5 Å². The van der Waals surface area contributed by atoms with Gasteiger partial charge in [0.2, 0.25) is 11.8 Å². The third-order valence-corrected chi connectivity index (χ3v) is 5.60. The van der Waals surface area contributed by atoms with E-state index in [1.807, 2.05) is 0 Å². The van der Waals surface area contributed by atoms with E-state index in [-0.39, 0.29) is 24.3 Å². The van der Waals surface area contributed by atoms with Crippen LogP contribution in [-0.2, 0) is 30.5 Å². The minimum Gasteiger partial charge on any atom is -0.481 e. The molecule has 13 nitrogen and oxygen atoms in total. The molecule has 0 unspecified atom stereocenters. The van der Waals surface area contributed by atoms with Gasteiger partial charge in [-0.3, -0.25) is 29.0 Å². The van der Waals surface area contributed by atoms with Crippen LogP contribution < -0.4 is 21.3 Å². The van der Waals surface area contributed by atoms with E-state index in [4.69, 9.17) is 5.73 Å². The second-order valence-corrected chi connectivity index (χ2v) is 8.08. The molecular formula is C24H25N5O8. The fourth-order valence-corrected chi connectivity index (χ4v) is 3.76. The molecule has 6 N–H and O–H groups in total. The van der Waals surface area contributed by atoms with Gasteiger partial charge in [0.1, 0.15) is 12.6 Å². The summed E-state index contributed by atoms with van der Waals surface area (Å²) in [7, 11) is 0. The molecule has 0 radical (unpaired) electrons. The first-order valence-corrected chi connectivity index (χ1v) is 11.1. The third kappa shape index (κ3) is 6.46. The Kier molecular flexibility index (Phi) is 8.53. The average molecular weight is 511 g/mol. The molecule has 194 valence electrons. The lowest BCUT2D eigenvalue weighted by Gasteiger charge is -2.32. The van der Waals surface area contributed by atoms with E-state index in [9.17, 15) is 39.0 Å². The van der Waals surface area contributed by atoms with Crippen LogP contribution >= 0.6 is 0 Å². The first-order chi connectivity index (χ1) is 17.6. The number of aliphatic carboxylic acids is 2. The number of nitrogens with one attached hydrogen (secondary N) is 2. The molecule has 5 amide bonds. The molecule has 0 aromatic heterocycles. The van der Waals surface area contributed by atoms with Crippen molar-refractivity contribution in [1.82, 2.24) is 15.5 Å². The van der Waals surface area contributed by atoms with Crippen molar-refractivity contribution in [2.45, 2.75) is 25.0 Å². The number of hydrogen-bond acceptors (Lipinski definition) is 7. The lowest BCUT2D eigenvalue weighted by atomic mass is 10.0. The maximum absolute atomic E-state index is 13.4. The third-order valence-electron chi connectivity index (χ3n) is 5.60. The van der Waals surface area contributed by atoms with Gasteiger partial charge in [-0.15, -0.1) is 0 Å². The van der Waals surface area contributed by atoms with Crippen LogP contribution in [-0.4, -0.2) is 69.9 Å². The van der Waals surface area contributed by atoms with Crippen molar-refractivity contribution < 1.29 is 39.0 Å². The van der Waals surface area contributed by atoms with Gasteiger partial charge in [-0.25, -0.2) is 9.59 Å². The summed E-state index contributed by atoms with van der Waals surface area (Å²) in [6.07, 6.45) is -0.891. The van der Waals surface area contributed by atoms with Crippen LogP contribution in [0.2, 0.25) is 0 Å². The number of imide groups is 1. The second kappa shape index (κ2) is 11.8. The van der Waals surface area contributed by atoms with E-state index < -0.39 is 60.7 Å². The van der Waals surface area contributed by atoms with Crippen molar-refractivity contribution >= 4 is 41.4 Å². The summed E-state index contributed by atoms with van der Waals surface area (Å²) in [5.74, 6) is -5.52. The van der Waals surface area contributed by atoms with Crippen LogP contribution in [0.5, 0.6) is 0 Å². The summed E-state index contributed by atoms with van der Waals surface area (Å²) in [5.41, 5.74) is 6.61. The Morgan fingerprint density at radius 1 is 1.03 bits per heavy atom. The number of nitrogens with two attached hydrogens (primary N) is 1. The number of amides is 5. The summed E-state index contributed by atoms with van der Waals surface area (Å²) in [6.45, 7) is -0.908. The average Bonchev–Trinajstić information content (AvgIpc) is 3.19. The topological polar surface area (TPSA) is 199 Å². The van der Waals surface area contributed by atoms with E-state index in [0.29, 0.717) is 10.5 Å². The smallest absolute Gasteiger partial charge is 0.330 e. The van der Waals surface area contributed by atoms with E-state index in [1.54, 1.807) is 30.3 Å². The number of anilines is 1. The van der Waals surface area contributed by atoms with Gasteiger partial charge in [-0.1, -0.05) is 42.5 Å². The van der Waals surface area contributed by atoms with Crippen LogP contribution in [0.25, 0.3) is 0 Å². The molecule has 0 aliphatic carbocycles. The molecule has 2 aromatic rings. The van der Waals surface area contributed by atoms with Gasteiger partial charge in [-0.2, -0.15) is 0 Å². The summed E-state index contributed by atoms with van der Waals surface area (Å²) in [4.78, 5) is 75.9. The molecule has 3 rings (SSSR count). The van der Waals surface area contributed by atoms with E-state index in [2.05, 4.69) is 10.6 Å². The van der Waals surface area contributed by atoms with E-state index >= 15 is 0 Å². The van der Waals surface area contributed by atoms with Crippen LogP contribution in [0.15, 0.2) is 54.6 Å². The number of benzene rings is 2. The number of nitrogens with zero attached hydrogens (tertiary/aromatic N) is 2. The molecular weight excluding hydrogens is 486 g/mol. The van der Waals surface area contributed by atoms with Gasteiger partial charge in [0.15, 0.2) is 6.04 Å². The van der Waals surface area contributed by atoms with Crippen LogP contribution in [0.1, 0.15) is 23.6 Å². The Bertz CT molecular complexity index is 1190. The Labute approximate surface area is 210 Å². The number of urea groups is 1. The Hall–Kier alpha value is -4.78. The number of carbonyl (C=O) groups is 6. The van der Waals surface area contributed by atoms with Gasteiger partial charge in [0.25, 0.3) is 5.91 Å². The lowest BCUT2D eigenvalue weighted by molar-refractivity contribution is -0.143. The highest BCUT2D eigenvalue weighted by Gasteiger charge is 2.38. The predicted octanol–water partition coefficient (Wildman–Crippen LogP) is -0.184. The number of carboxylic acid groups (broad SMARTS) is 2. The molecule has 1 heterocycles. The van der Waals surface area contributed by atoms with Gasteiger partial charge in [0, 0.05) is 12.2 Å².